The van der Waals surface area contributed by atoms with Gasteiger partial charge in [0.05, 0.1) is 11.2 Å². The van der Waals surface area contributed by atoms with Crippen LogP contribution in [0.3, 0.4) is 0 Å². The van der Waals surface area contributed by atoms with Gasteiger partial charge in [0.15, 0.2) is 0 Å². The Morgan fingerprint density at radius 1 is 1.05 bits per heavy atom. The molecule has 3 rings (SSSR count). The summed E-state index contributed by atoms with van der Waals surface area (Å²) in [6.07, 6.45) is 5.87. The second-order valence-corrected chi connectivity index (χ2v) is 7.57. The molecule has 122 valence electrons. The first kappa shape index (κ1) is 15.7. The summed E-state index contributed by atoms with van der Waals surface area (Å²) < 4.78 is 11.6. The van der Waals surface area contributed by atoms with E-state index < -0.39 is 5.60 Å². The van der Waals surface area contributed by atoms with Crippen molar-refractivity contribution in [1.29, 1.82) is 0 Å². The molecule has 3 fully saturated rings. The zero-order valence-corrected chi connectivity index (χ0v) is 13.6. The fraction of sp³-hybridized carbons (Fsp3) is 1.00. The zero-order valence-electron chi connectivity index (χ0n) is 13.6. The highest BCUT2D eigenvalue weighted by Crippen LogP contribution is 2.44. The average molecular weight is 297 g/mol. The molecule has 0 amide bonds. The summed E-state index contributed by atoms with van der Waals surface area (Å²) in [6, 6.07) is 0.589. The van der Waals surface area contributed by atoms with E-state index in [0.717, 1.165) is 71.4 Å². The van der Waals surface area contributed by atoms with Gasteiger partial charge >= 0.3 is 0 Å². The van der Waals surface area contributed by atoms with Crippen molar-refractivity contribution in [3.8, 4) is 0 Å². The summed E-state index contributed by atoms with van der Waals surface area (Å²) >= 11 is 0. The maximum absolute atomic E-state index is 11.2. The number of piperidine rings is 1. The minimum Gasteiger partial charge on any atom is -0.389 e. The molecule has 1 N–H and O–H groups in total. The van der Waals surface area contributed by atoms with E-state index in [1.807, 2.05) is 0 Å². The van der Waals surface area contributed by atoms with Crippen LogP contribution in [0.4, 0.5) is 0 Å². The van der Waals surface area contributed by atoms with E-state index in [-0.39, 0.29) is 5.60 Å². The Labute approximate surface area is 128 Å². The second kappa shape index (κ2) is 6.15. The van der Waals surface area contributed by atoms with Gasteiger partial charge in [-0.2, -0.15) is 0 Å². The number of aliphatic hydroxyl groups is 1. The SMILES string of the molecule is CC(C)N1CCC(O)(C2CCOC3(CCOCC3)C2)CC1. The van der Waals surface area contributed by atoms with Gasteiger partial charge < -0.3 is 19.5 Å². The lowest BCUT2D eigenvalue weighted by molar-refractivity contribution is -0.183. The Kier molecular flexibility index (Phi) is 4.60. The number of nitrogens with zero attached hydrogens (tertiary/aromatic N) is 1. The standard InChI is InChI=1S/C17H31NO3/c1-14(2)18-8-4-17(19,5-9-18)15-3-10-21-16(13-15)6-11-20-12-7-16/h14-15,19H,3-13H2,1-2H3. The lowest BCUT2D eigenvalue weighted by Crippen LogP contribution is -2.55. The largest absolute Gasteiger partial charge is 0.389 e. The fourth-order valence-corrected chi connectivity index (χ4v) is 4.41. The van der Waals surface area contributed by atoms with Crippen molar-refractivity contribution in [3.05, 3.63) is 0 Å². The highest BCUT2D eigenvalue weighted by atomic mass is 16.5. The van der Waals surface area contributed by atoms with Gasteiger partial charge in [-0.05, 0) is 58.3 Å². The molecule has 1 spiro atoms. The zero-order chi connectivity index (χ0) is 14.9. The van der Waals surface area contributed by atoms with Crippen LogP contribution in [0.1, 0.15) is 52.4 Å². The Hall–Kier alpha value is -0.160. The third-order valence-corrected chi connectivity index (χ3v) is 6.05. The number of ether oxygens (including phenoxy) is 2. The number of hydrogen-bond acceptors (Lipinski definition) is 4. The first-order chi connectivity index (χ1) is 10.0. The van der Waals surface area contributed by atoms with Crippen LogP contribution < -0.4 is 0 Å². The van der Waals surface area contributed by atoms with Crippen molar-refractivity contribution in [3.63, 3.8) is 0 Å². The monoisotopic (exact) mass is 297 g/mol. The minimum absolute atomic E-state index is 0.00786. The van der Waals surface area contributed by atoms with Gasteiger partial charge in [0.1, 0.15) is 0 Å². The van der Waals surface area contributed by atoms with Crippen molar-refractivity contribution in [2.24, 2.45) is 5.92 Å². The lowest BCUT2D eigenvalue weighted by Gasteiger charge is -2.50. The molecule has 4 heteroatoms. The Balaban J connectivity index is 1.63. The smallest absolute Gasteiger partial charge is 0.0730 e. The van der Waals surface area contributed by atoms with Gasteiger partial charge in [-0.25, -0.2) is 0 Å². The van der Waals surface area contributed by atoms with Gasteiger partial charge in [-0.1, -0.05) is 0 Å². The van der Waals surface area contributed by atoms with E-state index in [2.05, 4.69) is 18.7 Å². The molecule has 0 bridgehead atoms. The van der Waals surface area contributed by atoms with E-state index in [1.165, 1.54) is 0 Å². The molecule has 4 nitrogen and oxygen atoms in total. The molecule has 1 atom stereocenters. The predicted molar refractivity (Wildman–Crippen MR) is 82.4 cm³/mol. The van der Waals surface area contributed by atoms with E-state index in [0.29, 0.717) is 12.0 Å². The molecule has 3 aliphatic rings. The van der Waals surface area contributed by atoms with Crippen molar-refractivity contribution >= 4 is 0 Å². The van der Waals surface area contributed by atoms with Gasteiger partial charge in [-0.15, -0.1) is 0 Å². The topological polar surface area (TPSA) is 41.9 Å². The van der Waals surface area contributed by atoms with Crippen LogP contribution in [0.2, 0.25) is 0 Å². The molecule has 3 saturated heterocycles. The van der Waals surface area contributed by atoms with E-state index >= 15 is 0 Å². The highest BCUT2D eigenvalue weighted by Gasteiger charge is 2.47. The van der Waals surface area contributed by atoms with Crippen molar-refractivity contribution in [2.45, 2.75) is 69.6 Å². The normalized spacial score (nSPS) is 33.4. The molecule has 0 aromatic rings. The van der Waals surface area contributed by atoms with Crippen molar-refractivity contribution < 1.29 is 14.6 Å². The summed E-state index contributed by atoms with van der Waals surface area (Å²) in [5.41, 5.74) is -0.480. The van der Waals surface area contributed by atoms with Crippen LogP contribution in [-0.2, 0) is 9.47 Å². The molecular weight excluding hydrogens is 266 g/mol. The van der Waals surface area contributed by atoms with Crippen LogP contribution in [0, 0.1) is 5.92 Å². The van der Waals surface area contributed by atoms with Crippen LogP contribution in [0.25, 0.3) is 0 Å². The lowest BCUT2D eigenvalue weighted by atomic mass is 9.70. The van der Waals surface area contributed by atoms with E-state index in [4.69, 9.17) is 9.47 Å². The Bertz CT molecular complexity index is 338. The number of likely N-dealkylation sites (tertiary alicyclic amines) is 1. The van der Waals surface area contributed by atoms with Gasteiger partial charge in [-0.3, -0.25) is 0 Å². The third kappa shape index (κ3) is 3.29. The summed E-state index contributed by atoms with van der Waals surface area (Å²) in [6.45, 7) is 8.98. The van der Waals surface area contributed by atoms with E-state index in [1.54, 1.807) is 0 Å². The molecule has 0 saturated carbocycles. The molecule has 0 radical (unpaired) electrons. The van der Waals surface area contributed by atoms with Gasteiger partial charge in [0.2, 0.25) is 0 Å². The van der Waals surface area contributed by atoms with Gasteiger partial charge in [0, 0.05) is 39.0 Å². The summed E-state index contributed by atoms with van der Waals surface area (Å²) in [4.78, 5) is 2.48. The fourth-order valence-electron chi connectivity index (χ4n) is 4.41. The summed E-state index contributed by atoms with van der Waals surface area (Å²) in [7, 11) is 0. The Morgan fingerprint density at radius 2 is 1.71 bits per heavy atom. The van der Waals surface area contributed by atoms with Crippen molar-refractivity contribution in [2.75, 3.05) is 32.9 Å². The summed E-state index contributed by atoms with van der Waals surface area (Å²) in [5.74, 6) is 0.402. The maximum Gasteiger partial charge on any atom is 0.0730 e. The first-order valence-electron chi connectivity index (χ1n) is 8.71. The molecule has 3 heterocycles. The molecule has 21 heavy (non-hydrogen) atoms. The first-order valence-corrected chi connectivity index (χ1v) is 8.71. The van der Waals surface area contributed by atoms with Crippen LogP contribution in [0.5, 0.6) is 0 Å². The third-order valence-electron chi connectivity index (χ3n) is 6.05. The molecule has 0 aromatic heterocycles. The summed E-state index contributed by atoms with van der Waals surface area (Å²) in [5, 5.41) is 11.2. The molecule has 0 aliphatic carbocycles. The average Bonchev–Trinajstić information content (AvgIpc) is 2.48. The minimum atomic E-state index is -0.472. The molecular formula is C17H31NO3. The van der Waals surface area contributed by atoms with Crippen LogP contribution >= 0.6 is 0 Å². The predicted octanol–water partition coefficient (Wildman–Crippen LogP) is 2.20. The molecule has 3 aliphatic heterocycles. The van der Waals surface area contributed by atoms with E-state index in [9.17, 15) is 5.11 Å². The molecule has 0 aromatic carbocycles. The highest BCUT2D eigenvalue weighted by molar-refractivity contribution is 4.99. The van der Waals surface area contributed by atoms with Gasteiger partial charge in [0.25, 0.3) is 0 Å². The van der Waals surface area contributed by atoms with Crippen LogP contribution in [-0.4, -0.2) is 60.2 Å². The molecule has 1 unspecified atom stereocenters. The quantitative estimate of drug-likeness (QED) is 0.848. The van der Waals surface area contributed by atoms with Crippen LogP contribution in [0.15, 0.2) is 0 Å². The number of rotatable bonds is 2. The Morgan fingerprint density at radius 3 is 2.33 bits per heavy atom. The second-order valence-electron chi connectivity index (χ2n) is 7.57. The maximum atomic E-state index is 11.2. The van der Waals surface area contributed by atoms with Crippen molar-refractivity contribution in [1.82, 2.24) is 4.90 Å². The number of hydrogen-bond donors (Lipinski definition) is 1.